The molecule has 3 rings (SSSR count). The van der Waals surface area contributed by atoms with Crippen molar-refractivity contribution >= 4 is 36.4 Å². The van der Waals surface area contributed by atoms with E-state index in [2.05, 4.69) is 20.7 Å². The molecule has 2 aromatic rings. The monoisotopic (exact) mass is 343 g/mol. The van der Waals surface area contributed by atoms with Gasteiger partial charge in [0.1, 0.15) is 0 Å². The summed E-state index contributed by atoms with van der Waals surface area (Å²) in [5, 5.41) is 10.4. The van der Waals surface area contributed by atoms with Crippen LogP contribution in [0, 0.1) is 5.92 Å². The molecule has 3 heterocycles. The summed E-state index contributed by atoms with van der Waals surface area (Å²) in [4.78, 5) is 16.6. The number of amides is 1. The van der Waals surface area contributed by atoms with E-state index in [1.165, 1.54) is 0 Å². The number of aromatic nitrogens is 3. The van der Waals surface area contributed by atoms with E-state index in [4.69, 9.17) is 0 Å². The van der Waals surface area contributed by atoms with Crippen LogP contribution in [0.4, 0.5) is 5.69 Å². The van der Waals surface area contributed by atoms with E-state index in [9.17, 15) is 4.79 Å². The van der Waals surface area contributed by atoms with Crippen molar-refractivity contribution in [1.82, 2.24) is 20.1 Å². The molecule has 0 spiro atoms. The number of carbonyl (C=O) groups is 1. The fourth-order valence-corrected chi connectivity index (χ4v) is 2.38. The molecule has 0 saturated carbocycles. The van der Waals surface area contributed by atoms with Gasteiger partial charge in [0.05, 0.1) is 11.6 Å². The van der Waals surface area contributed by atoms with E-state index in [1.807, 2.05) is 18.2 Å². The van der Waals surface area contributed by atoms with Crippen molar-refractivity contribution in [1.29, 1.82) is 0 Å². The van der Waals surface area contributed by atoms with Crippen LogP contribution in [0.2, 0.25) is 0 Å². The topological polar surface area (TPSA) is 71.8 Å². The zero-order valence-corrected chi connectivity index (χ0v) is 13.6. The Morgan fingerprint density at radius 2 is 2.18 bits per heavy atom. The van der Waals surface area contributed by atoms with Crippen LogP contribution in [-0.4, -0.2) is 33.8 Å². The van der Waals surface area contributed by atoms with Gasteiger partial charge in [0.25, 0.3) is 0 Å². The molecule has 1 fully saturated rings. The summed E-state index contributed by atoms with van der Waals surface area (Å²) in [6.07, 6.45) is 7.15. The van der Waals surface area contributed by atoms with Crippen molar-refractivity contribution < 1.29 is 4.79 Å². The lowest BCUT2D eigenvalue weighted by molar-refractivity contribution is -0.120. The molecule has 0 aromatic carbocycles. The standard InChI is InChI=1S/C14H17N5O.2ClH/c20-14(11-4-1-6-15-10-11)18-12-5-2-7-16-13(12)19-9-3-8-17-19;;/h2-3,5,7-9,11,15H,1,4,6,10H2,(H,18,20);2*1H/t11-;;/m1../s1. The highest BCUT2D eigenvalue weighted by molar-refractivity contribution is 5.94. The van der Waals surface area contributed by atoms with Crippen LogP contribution in [-0.2, 0) is 4.79 Å². The highest BCUT2D eigenvalue weighted by atomic mass is 35.5. The van der Waals surface area contributed by atoms with E-state index in [1.54, 1.807) is 23.3 Å². The number of nitrogens with one attached hydrogen (secondary N) is 2. The summed E-state index contributed by atoms with van der Waals surface area (Å²) >= 11 is 0. The lowest BCUT2D eigenvalue weighted by atomic mass is 9.99. The largest absolute Gasteiger partial charge is 0.323 e. The maximum absolute atomic E-state index is 12.3. The predicted octanol–water partition coefficient (Wildman–Crippen LogP) is 2.05. The maximum atomic E-state index is 12.3. The van der Waals surface area contributed by atoms with Gasteiger partial charge in [-0.15, -0.1) is 24.8 Å². The fraction of sp³-hybridized carbons (Fsp3) is 0.357. The summed E-state index contributed by atoms with van der Waals surface area (Å²) in [5.41, 5.74) is 0.687. The summed E-state index contributed by atoms with van der Waals surface area (Å²) in [5.74, 6) is 0.697. The minimum atomic E-state index is 0. The number of halogens is 2. The molecule has 0 bridgehead atoms. The molecule has 1 amide bonds. The number of piperidine rings is 1. The average molecular weight is 344 g/mol. The molecule has 1 aliphatic heterocycles. The van der Waals surface area contributed by atoms with E-state index < -0.39 is 0 Å². The van der Waals surface area contributed by atoms with Gasteiger partial charge in [-0.05, 0) is 37.6 Å². The quantitative estimate of drug-likeness (QED) is 0.894. The molecule has 1 aliphatic rings. The SMILES string of the molecule is Cl.Cl.O=C(Nc1cccnc1-n1cccn1)[C@@H]1CCCNC1. The molecule has 6 nitrogen and oxygen atoms in total. The van der Waals surface area contributed by atoms with Gasteiger partial charge in [-0.25, -0.2) is 9.67 Å². The second-order valence-corrected chi connectivity index (χ2v) is 4.86. The number of carbonyl (C=O) groups excluding carboxylic acids is 1. The number of rotatable bonds is 3. The van der Waals surface area contributed by atoms with Crippen LogP contribution in [0.25, 0.3) is 5.82 Å². The number of pyridine rings is 1. The number of hydrogen-bond acceptors (Lipinski definition) is 4. The van der Waals surface area contributed by atoms with Crippen molar-refractivity contribution in [2.24, 2.45) is 5.92 Å². The fourth-order valence-electron chi connectivity index (χ4n) is 2.38. The number of hydrogen-bond donors (Lipinski definition) is 2. The Morgan fingerprint density at radius 3 is 2.86 bits per heavy atom. The van der Waals surface area contributed by atoms with Gasteiger partial charge in [-0.1, -0.05) is 0 Å². The van der Waals surface area contributed by atoms with Crippen LogP contribution in [0.1, 0.15) is 12.8 Å². The predicted molar refractivity (Wildman–Crippen MR) is 90.1 cm³/mol. The minimum Gasteiger partial charge on any atom is -0.323 e. The molecule has 120 valence electrons. The van der Waals surface area contributed by atoms with Crippen LogP contribution in [0.3, 0.4) is 0 Å². The van der Waals surface area contributed by atoms with Crippen LogP contribution < -0.4 is 10.6 Å². The Kier molecular flexibility index (Phi) is 7.31. The summed E-state index contributed by atoms with van der Waals surface area (Å²) in [6, 6.07) is 5.48. The Morgan fingerprint density at radius 1 is 1.32 bits per heavy atom. The van der Waals surface area contributed by atoms with E-state index in [-0.39, 0.29) is 36.6 Å². The normalized spacial score (nSPS) is 17.0. The second kappa shape index (κ2) is 8.73. The van der Waals surface area contributed by atoms with Crippen molar-refractivity contribution in [2.45, 2.75) is 12.8 Å². The molecule has 8 heteroatoms. The van der Waals surface area contributed by atoms with Gasteiger partial charge in [-0.3, -0.25) is 4.79 Å². The van der Waals surface area contributed by atoms with Gasteiger partial charge in [-0.2, -0.15) is 5.10 Å². The van der Waals surface area contributed by atoms with Gasteiger partial charge in [0.15, 0.2) is 5.82 Å². The van der Waals surface area contributed by atoms with Crippen molar-refractivity contribution in [3.63, 3.8) is 0 Å². The molecule has 0 aliphatic carbocycles. The van der Waals surface area contributed by atoms with Gasteiger partial charge in [0.2, 0.25) is 5.91 Å². The first kappa shape index (κ1) is 18.4. The smallest absolute Gasteiger partial charge is 0.228 e. The molecule has 2 N–H and O–H groups in total. The third-order valence-electron chi connectivity index (χ3n) is 3.43. The van der Waals surface area contributed by atoms with Gasteiger partial charge >= 0.3 is 0 Å². The zero-order valence-electron chi connectivity index (χ0n) is 11.9. The van der Waals surface area contributed by atoms with Crippen molar-refractivity contribution in [3.8, 4) is 5.82 Å². The Labute approximate surface area is 141 Å². The van der Waals surface area contributed by atoms with Crippen molar-refractivity contribution in [2.75, 3.05) is 18.4 Å². The maximum Gasteiger partial charge on any atom is 0.228 e. The van der Waals surface area contributed by atoms with E-state index >= 15 is 0 Å². The van der Waals surface area contributed by atoms with E-state index in [0.29, 0.717) is 11.5 Å². The molecule has 0 unspecified atom stereocenters. The second-order valence-electron chi connectivity index (χ2n) is 4.86. The Bertz CT molecular complexity index is 585. The van der Waals surface area contributed by atoms with Crippen LogP contribution >= 0.6 is 24.8 Å². The first-order chi connectivity index (χ1) is 9.84. The van der Waals surface area contributed by atoms with Crippen LogP contribution in [0.15, 0.2) is 36.8 Å². The third kappa shape index (κ3) is 4.19. The average Bonchev–Trinajstić information content (AvgIpc) is 3.03. The minimum absolute atomic E-state index is 0. The first-order valence-corrected chi connectivity index (χ1v) is 6.81. The molecule has 1 saturated heterocycles. The molecular weight excluding hydrogens is 325 g/mol. The summed E-state index contributed by atoms with van der Waals surface area (Å²) in [7, 11) is 0. The molecule has 2 aromatic heterocycles. The first-order valence-electron chi connectivity index (χ1n) is 6.81. The van der Waals surface area contributed by atoms with Crippen LogP contribution in [0.5, 0.6) is 0 Å². The Balaban J connectivity index is 0.00000121. The van der Waals surface area contributed by atoms with Gasteiger partial charge in [0, 0.05) is 25.1 Å². The summed E-state index contributed by atoms with van der Waals surface area (Å²) in [6.45, 7) is 1.73. The molecule has 0 radical (unpaired) electrons. The lowest BCUT2D eigenvalue weighted by Gasteiger charge is -2.22. The third-order valence-corrected chi connectivity index (χ3v) is 3.43. The lowest BCUT2D eigenvalue weighted by Crippen LogP contribution is -2.37. The molecule has 1 atom stereocenters. The van der Waals surface area contributed by atoms with Crippen molar-refractivity contribution in [3.05, 3.63) is 36.8 Å². The molecular formula is C14H19Cl2N5O. The zero-order chi connectivity index (χ0) is 13.8. The summed E-state index contributed by atoms with van der Waals surface area (Å²) < 4.78 is 1.65. The highest BCUT2D eigenvalue weighted by Crippen LogP contribution is 2.19. The number of anilines is 1. The highest BCUT2D eigenvalue weighted by Gasteiger charge is 2.21. The Hall–Kier alpha value is -1.63. The van der Waals surface area contributed by atoms with Gasteiger partial charge < -0.3 is 10.6 Å². The van der Waals surface area contributed by atoms with E-state index in [0.717, 1.165) is 25.9 Å². The number of nitrogens with zero attached hydrogens (tertiary/aromatic N) is 3. The molecule has 22 heavy (non-hydrogen) atoms.